The molecule has 4 aliphatic rings. The highest BCUT2D eigenvalue weighted by atomic mass is 35.5. The van der Waals surface area contributed by atoms with E-state index in [1.54, 1.807) is 60.7 Å². The molecule has 0 bridgehead atoms. The summed E-state index contributed by atoms with van der Waals surface area (Å²) in [6, 6.07) is 29.3. The lowest BCUT2D eigenvalue weighted by molar-refractivity contribution is -0.138. The van der Waals surface area contributed by atoms with Crippen molar-refractivity contribution in [2.24, 2.45) is 17.8 Å². The van der Waals surface area contributed by atoms with Crippen LogP contribution in [0.4, 0.5) is 5.69 Å². The van der Waals surface area contributed by atoms with Crippen LogP contribution in [0.25, 0.3) is 0 Å². The normalized spacial score (nSPS) is 27.9. The number of rotatable bonds is 7. The number of carbonyl (C=O) groups is 5. The average molecular weight is 736 g/mol. The summed E-state index contributed by atoms with van der Waals surface area (Å²) in [4.78, 5) is 67.1. The van der Waals surface area contributed by atoms with E-state index in [1.807, 2.05) is 42.5 Å². The van der Waals surface area contributed by atoms with Crippen molar-refractivity contribution in [3.05, 3.63) is 137 Å². The fourth-order valence-electron chi connectivity index (χ4n) is 8.46. The summed E-state index contributed by atoms with van der Waals surface area (Å²) in [5, 5.41) is 11.5. The van der Waals surface area contributed by atoms with Gasteiger partial charge in [0.05, 0.1) is 17.5 Å². The minimum absolute atomic E-state index is 0.165. The van der Waals surface area contributed by atoms with Crippen molar-refractivity contribution in [3.63, 3.8) is 0 Å². The number of ether oxygens (including phenoxy) is 1. The maximum atomic E-state index is 14.4. The van der Waals surface area contributed by atoms with E-state index in [0.29, 0.717) is 28.1 Å². The van der Waals surface area contributed by atoms with Crippen molar-refractivity contribution in [2.45, 2.75) is 35.1 Å². The van der Waals surface area contributed by atoms with Gasteiger partial charge in [-0.3, -0.25) is 33.8 Å². The lowest BCUT2D eigenvalue weighted by Gasteiger charge is -2.50. The number of halogens is 2. The molecule has 2 saturated heterocycles. The van der Waals surface area contributed by atoms with E-state index in [2.05, 4.69) is 0 Å². The molecule has 4 aromatic rings. The highest BCUT2D eigenvalue weighted by Gasteiger charge is 2.76. The second-order valence-corrected chi connectivity index (χ2v) is 15.0. The summed E-state index contributed by atoms with van der Waals surface area (Å²) in [7, 11) is 1.31. The van der Waals surface area contributed by atoms with Crippen LogP contribution in [0.1, 0.15) is 45.8 Å². The molecule has 1 saturated carbocycles. The van der Waals surface area contributed by atoms with E-state index < -0.39 is 57.0 Å². The monoisotopic (exact) mass is 734 g/mol. The van der Waals surface area contributed by atoms with Gasteiger partial charge in [-0.25, -0.2) is 0 Å². The number of likely N-dealkylation sites (tertiary alicyclic amines) is 1. The number of amides is 4. The van der Waals surface area contributed by atoms with Gasteiger partial charge < -0.3 is 9.84 Å². The van der Waals surface area contributed by atoms with Crippen LogP contribution in [0.15, 0.2) is 115 Å². The average Bonchev–Trinajstić information content (AvgIpc) is 3.49. The number of phenols is 1. The molecule has 52 heavy (non-hydrogen) atoms. The first-order valence-corrected chi connectivity index (χ1v) is 17.7. The van der Waals surface area contributed by atoms with Gasteiger partial charge >= 0.3 is 0 Å². The second-order valence-electron chi connectivity index (χ2n) is 13.7. The maximum absolute atomic E-state index is 14.4. The topological polar surface area (TPSA) is 121 Å². The number of imide groups is 2. The van der Waals surface area contributed by atoms with E-state index >= 15 is 0 Å². The molecule has 3 fully saturated rings. The number of allylic oxidation sites excluding steroid dienone is 2. The first-order chi connectivity index (χ1) is 25.0. The van der Waals surface area contributed by atoms with Crippen LogP contribution >= 0.6 is 23.2 Å². The third-order valence-corrected chi connectivity index (χ3v) is 12.4. The number of alkyl halides is 2. The standard InChI is InChI=1S/C41H32Cl2N2O7/c1-44-38(50)40(42)21-31-28(34(41(40,43)39(44)51)29-17-16-27(20-32(29)46)52-22-23-8-4-2-5-9-23)18-19-30-33(31)37(49)45(36(30)48)26-14-12-25(13-15-26)35(47)24-10-6-3-7-11-24/h2-18,20,30-31,33-34,46H,19,21-22H2,1H3. The van der Waals surface area contributed by atoms with E-state index in [-0.39, 0.29) is 36.5 Å². The highest BCUT2D eigenvalue weighted by molar-refractivity contribution is 6.53. The number of phenolic OH excluding ortho intramolecular Hbond substituents is 1. The number of hydrogen-bond donors (Lipinski definition) is 1. The molecule has 0 radical (unpaired) electrons. The van der Waals surface area contributed by atoms with Crippen molar-refractivity contribution in [1.29, 1.82) is 0 Å². The third kappa shape index (κ3) is 4.93. The fourth-order valence-corrected chi connectivity index (χ4v) is 9.47. The number of ketones is 1. The number of aromatic hydroxyl groups is 1. The summed E-state index contributed by atoms with van der Waals surface area (Å²) in [6.07, 6.45) is 1.80. The minimum atomic E-state index is -2.04. The molecule has 4 amide bonds. The van der Waals surface area contributed by atoms with Crippen LogP contribution < -0.4 is 9.64 Å². The Labute approximate surface area is 309 Å². The lowest BCUT2D eigenvalue weighted by Crippen LogP contribution is -2.60. The van der Waals surface area contributed by atoms with Gasteiger partial charge in [0.1, 0.15) is 18.1 Å². The number of anilines is 1. The molecule has 2 aliphatic carbocycles. The van der Waals surface area contributed by atoms with Gasteiger partial charge in [-0.1, -0.05) is 78.4 Å². The molecule has 8 rings (SSSR count). The molecule has 9 nitrogen and oxygen atoms in total. The molecule has 2 aliphatic heterocycles. The van der Waals surface area contributed by atoms with Gasteiger partial charge in [-0.2, -0.15) is 0 Å². The maximum Gasteiger partial charge on any atom is 0.253 e. The third-order valence-electron chi connectivity index (χ3n) is 11.0. The predicted molar refractivity (Wildman–Crippen MR) is 193 cm³/mol. The first-order valence-electron chi connectivity index (χ1n) is 16.9. The van der Waals surface area contributed by atoms with E-state index in [9.17, 15) is 29.1 Å². The van der Waals surface area contributed by atoms with Gasteiger partial charge in [-0.15, -0.1) is 23.2 Å². The molecule has 6 unspecified atom stereocenters. The number of benzene rings is 4. The van der Waals surface area contributed by atoms with Crippen LogP contribution in [0, 0.1) is 17.8 Å². The zero-order valence-corrected chi connectivity index (χ0v) is 29.4. The summed E-state index contributed by atoms with van der Waals surface area (Å²) in [5.74, 6) is -5.93. The zero-order valence-electron chi connectivity index (χ0n) is 27.9. The van der Waals surface area contributed by atoms with Gasteiger partial charge in [0, 0.05) is 35.7 Å². The Balaban J connectivity index is 1.14. The van der Waals surface area contributed by atoms with Crippen molar-refractivity contribution < 1.29 is 33.8 Å². The van der Waals surface area contributed by atoms with Crippen LogP contribution in [0.3, 0.4) is 0 Å². The second kappa shape index (κ2) is 12.5. The van der Waals surface area contributed by atoms with Gasteiger partial charge in [-0.05, 0) is 54.7 Å². The summed E-state index contributed by atoms with van der Waals surface area (Å²) in [5.41, 5.74) is 2.95. The summed E-state index contributed by atoms with van der Waals surface area (Å²) >= 11 is 14.6. The predicted octanol–water partition coefficient (Wildman–Crippen LogP) is 6.40. The molecule has 2 heterocycles. The van der Waals surface area contributed by atoms with Gasteiger partial charge in [0.15, 0.2) is 15.5 Å². The smallest absolute Gasteiger partial charge is 0.253 e. The molecule has 0 aromatic heterocycles. The molecule has 6 atom stereocenters. The Bertz CT molecular complexity index is 2190. The SMILES string of the molecule is CN1C(=O)C2(Cl)CC3C(=CCC4C(=O)N(c5ccc(C(=O)c6ccccc6)cc5)C(=O)C43)C(c3ccc(OCc4ccccc4)cc3O)C2(Cl)C1=O. The molecule has 0 spiro atoms. The summed E-state index contributed by atoms with van der Waals surface area (Å²) < 4.78 is 5.92. The Hall–Kier alpha value is -5.25. The first kappa shape index (κ1) is 33.9. The van der Waals surface area contributed by atoms with E-state index in [0.717, 1.165) is 15.4 Å². The van der Waals surface area contributed by atoms with Crippen molar-refractivity contribution in [2.75, 3.05) is 11.9 Å². The zero-order chi connectivity index (χ0) is 36.5. The Morgan fingerprint density at radius 2 is 1.48 bits per heavy atom. The number of nitrogens with zero attached hydrogens (tertiary/aromatic N) is 2. The molecular formula is C41H32Cl2N2O7. The van der Waals surface area contributed by atoms with Gasteiger partial charge in [0.2, 0.25) is 11.8 Å². The van der Waals surface area contributed by atoms with Crippen LogP contribution in [-0.4, -0.2) is 56.2 Å². The van der Waals surface area contributed by atoms with Crippen molar-refractivity contribution in [3.8, 4) is 11.5 Å². The highest BCUT2D eigenvalue weighted by Crippen LogP contribution is 2.66. The van der Waals surface area contributed by atoms with Gasteiger partial charge in [0.25, 0.3) is 11.8 Å². The Kier molecular flexibility index (Phi) is 8.12. The quantitative estimate of drug-likeness (QED) is 0.101. The minimum Gasteiger partial charge on any atom is -0.508 e. The molecule has 11 heteroatoms. The fraction of sp³-hybridized carbons (Fsp3) is 0.244. The molecule has 4 aromatic carbocycles. The molecular weight excluding hydrogens is 703 g/mol. The number of carbonyl (C=O) groups excluding carboxylic acids is 5. The number of hydrogen-bond acceptors (Lipinski definition) is 7. The lowest BCUT2D eigenvalue weighted by atomic mass is 9.56. The van der Waals surface area contributed by atoms with Crippen molar-refractivity contribution >= 4 is 58.3 Å². The largest absolute Gasteiger partial charge is 0.508 e. The molecule has 1 N–H and O–H groups in total. The molecule has 262 valence electrons. The van der Waals surface area contributed by atoms with Crippen molar-refractivity contribution in [1.82, 2.24) is 4.90 Å². The van der Waals surface area contributed by atoms with Crippen LogP contribution in [0.5, 0.6) is 11.5 Å². The summed E-state index contributed by atoms with van der Waals surface area (Å²) in [6.45, 7) is 0.250. The number of fused-ring (bicyclic) bond motifs is 4. The Morgan fingerprint density at radius 1 is 0.827 bits per heavy atom. The Morgan fingerprint density at radius 3 is 2.15 bits per heavy atom. The van der Waals surface area contributed by atoms with Crippen LogP contribution in [0.2, 0.25) is 0 Å². The van der Waals surface area contributed by atoms with E-state index in [1.165, 1.54) is 13.1 Å². The van der Waals surface area contributed by atoms with Crippen LogP contribution in [-0.2, 0) is 25.8 Å². The van der Waals surface area contributed by atoms with E-state index in [4.69, 9.17) is 27.9 Å².